The first-order valence-corrected chi connectivity index (χ1v) is 16.4. The predicted molar refractivity (Wildman–Crippen MR) is 158 cm³/mol. The van der Waals surface area contributed by atoms with Crippen LogP contribution in [-0.2, 0) is 37.0 Å². The van der Waals surface area contributed by atoms with Gasteiger partial charge in [0.15, 0.2) is 11.0 Å². The number of thioether (sulfide) groups is 1. The van der Waals surface area contributed by atoms with Crippen molar-refractivity contribution in [1.29, 1.82) is 5.26 Å². The fourth-order valence-corrected chi connectivity index (χ4v) is 9.01. The number of rotatable bonds is 7. The number of anilines is 1. The van der Waals surface area contributed by atoms with E-state index in [0.29, 0.717) is 16.5 Å². The lowest BCUT2D eigenvalue weighted by Gasteiger charge is -2.33. The summed E-state index contributed by atoms with van der Waals surface area (Å²) in [4.78, 5) is 15.8. The molecule has 0 radical (unpaired) electrons. The highest BCUT2D eigenvalue weighted by Crippen LogP contribution is 2.44. The Morgan fingerprint density at radius 1 is 1.21 bits per heavy atom. The molecule has 1 N–H and O–H groups in total. The third-order valence-electron chi connectivity index (χ3n) is 7.99. The van der Waals surface area contributed by atoms with Gasteiger partial charge in [0.25, 0.3) is 0 Å². The van der Waals surface area contributed by atoms with Gasteiger partial charge in [-0.1, -0.05) is 46.4 Å². The molecule has 38 heavy (non-hydrogen) atoms. The molecule has 3 aromatic rings. The molecule has 0 saturated heterocycles. The molecule has 1 amide bonds. The summed E-state index contributed by atoms with van der Waals surface area (Å²) < 4.78 is 2.18. The van der Waals surface area contributed by atoms with Crippen LogP contribution in [0.3, 0.4) is 0 Å². The van der Waals surface area contributed by atoms with Crippen molar-refractivity contribution in [2.24, 2.45) is 17.3 Å². The average molecular weight is 568 g/mol. The molecule has 5 rings (SSSR count). The molecular weight excluding hydrogens is 531 g/mol. The minimum atomic E-state index is -0.105. The number of nitrogens with zero attached hydrogens (tertiary/aromatic N) is 4. The van der Waals surface area contributed by atoms with Crippen LogP contribution in [-0.4, -0.2) is 26.4 Å². The van der Waals surface area contributed by atoms with Crippen LogP contribution in [0, 0.1) is 28.6 Å². The maximum atomic E-state index is 13.0. The number of hydrogen-bond acceptors (Lipinski definition) is 7. The van der Waals surface area contributed by atoms with Gasteiger partial charge in [-0.15, -0.1) is 32.9 Å². The van der Waals surface area contributed by atoms with E-state index in [9.17, 15) is 10.1 Å². The summed E-state index contributed by atoms with van der Waals surface area (Å²) in [5, 5.41) is 25.7. The van der Waals surface area contributed by atoms with E-state index in [-0.39, 0.29) is 17.1 Å². The van der Waals surface area contributed by atoms with Gasteiger partial charge < -0.3 is 9.88 Å². The van der Waals surface area contributed by atoms with E-state index >= 15 is 0 Å². The van der Waals surface area contributed by atoms with Gasteiger partial charge in [0, 0.05) is 27.2 Å². The van der Waals surface area contributed by atoms with Gasteiger partial charge in [-0.25, -0.2) is 0 Å². The minimum Gasteiger partial charge on any atom is -0.316 e. The Bertz CT molecular complexity index is 1370. The Morgan fingerprint density at radius 2 is 2.00 bits per heavy atom. The lowest BCUT2D eigenvalue weighted by atomic mass is 9.72. The molecule has 0 fully saturated rings. The van der Waals surface area contributed by atoms with Crippen molar-refractivity contribution in [1.82, 2.24) is 14.8 Å². The second kappa shape index (κ2) is 11.1. The summed E-state index contributed by atoms with van der Waals surface area (Å²) in [7, 11) is 0. The van der Waals surface area contributed by atoms with E-state index in [2.05, 4.69) is 66.1 Å². The summed E-state index contributed by atoms with van der Waals surface area (Å²) in [5.74, 6) is 2.39. The van der Waals surface area contributed by atoms with Crippen LogP contribution in [0.15, 0.2) is 10.5 Å². The number of nitriles is 1. The molecule has 2 aliphatic carbocycles. The van der Waals surface area contributed by atoms with Crippen molar-refractivity contribution in [2.75, 3.05) is 11.1 Å². The molecule has 0 bridgehead atoms. The highest BCUT2D eigenvalue weighted by Gasteiger charge is 2.32. The van der Waals surface area contributed by atoms with Gasteiger partial charge in [-0.05, 0) is 73.3 Å². The largest absolute Gasteiger partial charge is 0.316 e. The summed E-state index contributed by atoms with van der Waals surface area (Å²) in [6, 6.07) is 2.37. The van der Waals surface area contributed by atoms with Gasteiger partial charge in [0.2, 0.25) is 5.91 Å². The first kappa shape index (κ1) is 27.4. The highest BCUT2D eigenvalue weighted by atomic mass is 32.2. The first-order chi connectivity index (χ1) is 18.2. The van der Waals surface area contributed by atoms with E-state index in [1.807, 2.05) is 11.3 Å². The summed E-state index contributed by atoms with van der Waals surface area (Å²) in [5.41, 5.74) is 4.69. The lowest BCUT2D eigenvalue weighted by molar-refractivity contribution is -0.113. The summed E-state index contributed by atoms with van der Waals surface area (Å²) in [6.07, 6.45) is 7.42. The number of carbonyl (C=O) groups excluding carboxylic acids is 1. The first-order valence-electron chi connectivity index (χ1n) is 13.7. The average Bonchev–Trinajstić information content (AvgIpc) is 3.56. The molecule has 9 heteroatoms. The van der Waals surface area contributed by atoms with Crippen LogP contribution in [0.25, 0.3) is 11.4 Å². The zero-order valence-corrected chi connectivity index (χ0v) is 25.5. The number of carbonyl (C=O) groups is 1. The molecule has 2 unspecified atom stereocenters. The third-order valence-corrected chi connectivity index (χ3v) is 11.2. The second-order valence-corrected chi connectivity index (χ2v) is 14.8. The maximum Gasteiger partial charge on any atom is 0.235 e. The zero-order chi connectivity index (χ0) is 27.0. The number of aromatic nitrogens is 3. The van der Waals surface area contributed by atoms with Gasteiger partial charge in [-0.2, -0.15) is 5.26 Å². The Balaban J connectivity index is 1.29. The Labute approximate surface area is 238 Å². The van der Waals surface area contributed by atoms with Crippen LogP contribution in [0.2, 0.25) is 0 Å². The quantitative estimate of drug-likeness (QED) is 0.302. The molecule has 3 heterocycles. The normalized spacial score (nSPS) is 19.1. The molecular formula is C29H37N5OS3. The summed E-state index contributed by atoms with van der Waals surface area (Å²) >= 11 is 4.86. The molecule has 0 aliphatic heterocycles. The standard InChI is InChI=1S/C29H37N5OS3/c1-6-11-34-26(22-15-36-23-12-17(2)7-9-20(22)23)32-33-28(34)37-16-25(35)31-27-21(14-30)19-10-8-18(29(3,4)5)13-24(19)38-27/h15,17-18H,6-13,16H2,1-5H3,(H,31,35). The number of nitrogens with one attached hydrogen (secondary N) is 1. The molecule has 0 aromatic carbocycles. The van der Waals surface area contributed by atoms with Crippen molar-refractivity contribution >= 4 is 45.3 Å². The molecule has 2 atom stereocenters. The van der Waals surface area contributed by atoms with Crippen LogP contribution >= 0.6 is 34.4 Å². The van der Waals surface area contributed by atoms with E-state index in [1.165, 1.54) is 39.1 Å². The molecule has 2 aliphatic rings. The fourth-order valence-electron chi connectivity index (χ4n) is 5.71. The predicted octanol–water partition coefficient (Wildman–Crippen LogP) is 7.36. The minimum absolute atomic E-state index is 0.105. The topological polar surface area (TPSA) is 83.6 Å². The molecule has 202 valence electrons. The zero-order valence-electron chi connectivity index (χ0n) is 23.0. The van der Waals surface area contributed by atoms with Crippen molar-refractivity contribution in [2.45, 2.75) is 91.3 Å². The number of fused-ring (bicyclic) bond motifs is 2. The van der Waals surface area contributed by atoms with Crippen LogP contribution in [0.1, 0.15) is 80.3 Å². The number of thiophene rings is 2. The fraction of sp³-hybridized carbons (Fsp3) is 0.586. The number of hydrogen-bond donors (Lipinski definition) is 1. The molecule has 0 spiro atoms. The van der Waals surface area contributed by atoms with Gasteiger partial charge in [-0.3, -0.25) is 4.79 Å². The van der Waals surface area contributed by atoms with Crippen molar-refractivity contribution in [3.8, 4) is 17.5 Å². The van der Waals surface area contributed by atoms with Crippen LogP contribution in [0.4, 0.5) is 5.00 Å². The van der Waals surface area contributed by atoms with Crippen molar-refractivity contribution in [3.63, 3.8) is 0 Å². The van der Waals surface area contributed by atoms with E-state index < -0.39 is 0 Å². The lowest BCUT2D eigenvalue weighted by Crippen LogP contribution is -2.26. The Kier molecular flexibility index (Phi) is 8.04. The summed E-state index contributed by atoms with van der Waals surface area (Å²) in [6.45, 7) is 12.2. The Morgan fingerprint density at radius 3 is 2.74 bits per heavy atom. The maximum absolute atomic E-state index is 13.0. The third kappa shape index (κ3) is 5.45. The van der Waals surface area contributed by atoms with Crippen molar-refractivity contribution < 1.29 is 4.79 Å². The highest BCUT2D eigenvalue weighted by molar-refractivity contribution is 7.99. The molecule has 3 aromatic heterocycles. The van der Waals surface area contributed by atoms with Gasteiger partial charge in [0.05, 0.1) is 11.3 Å². The monoisotopic (exact) mass is 567 g/mol. The molecule has 0 saturated carbocycles. The van der Waals surface area contributed by atoms with Crippen LogP contribution < -0.4 is 5.32 Å². The van der Waals surface area contributed by atoms with E-state index in [1.54, 1.807) is 11.3 Å². The number of amides is 1. The molecule has 6 nitrogen and oxygen atoms in total. The smallest absolute Gasteiger partial charge is 0.235 e. The van der Waals surface area contributed by atoms with Crippen LogP contribution in [0.5, 0.6) is 0 Å². The van der Waals surface area contributed by atoms with E-state index in [4.69, 9.17) is 0 Å². The van der Waals surface area contributed by atoms with Crippen molar-refractivity contribution in [3.05, 3.63) is 31.8 Å². The Hall–Kier alpha value is -2.15. The van der Waals surface area contributed by atoms with Gasteiger partial charge >= 0.3 is 0 Å². The second-order valence-electron chi connectivity index (χ2n) is 11.8. The van der Waals surface area contributed by atoms with E-state index in [0.717, 1.165) is 67.5 Å². The SMILES string of the molecule is CCCn1c(SCC(=O)Nc2sc3c(c2C#N)CCC(C(C)(C)C)C3)nnc1-c1csc2c1CCC(C)C2. The van der Waals surface area contributed by atoms with Gasteiger partial charge in [0.1, 0.15) is 11.1 Å².